The Morgan fingerprint density at radius 1 is 1.62 bits per heavy atom. The number of rotatable bonds is 1. The van der Waals surface area contributed by atoms with E-state index >= 15 is 0 Å². The van der Waals surface area contributed by atoms with Gasteiger partial charge >= 0.3 is 0 Å². The van der Waals surface area contributed by atoms with Crippen molar-refractivity contribution in [1.29, 1.82) is 0 Å². The van der Waals surface area contributed by atoms with Gasteiger partial charge in [-0.3, -0.25) is 4.40 Å². The van der Waals surface area contributed by atoms with E-state index in [1.165, 1.54) is 0 Å². The summed E-state index contributed by atoms with van der Waals surface area (Å²) in [5, 5.41) is 1.43. The van der Waals surface area contributed by atoms with Crippen molar-refractivity contribution in [2.45, 2.75) is 5.16 Å². The Morgan fingerprint density at radius 3 is 3.08 bits per heavy atom. The van der Waals surface area contributed by atoms with Gasteiger partial charge in [0.25, 0.3) is 0 Å². The van der Waals surface area contributed by atoms with E-state index in [-0.39, 0.29) is 0 Å². The summed E-state index contributed by atoms with van der Waals surface area (Å²) < 4.78 is 2.84. The topological polar surface area (TPSA) is 30.2 Å². The van der Waals surface area contributed by atoms with E-state index in [0.717, 1.165) is 14.4 Å². The van der Waals surface area contributed by atoms with Crippen LogP contribution in [-0.2, 0) is 0 Å². The fourth-order valence-electron chi connectivity index (χ4n) is 1.08. The lowest BCUT2D eigenvalue weighted by molar-refractivity contribution is 0.947. The van der Waals surface area contributed by atoms with Crippen LogP contribution in [0, 0.1) is 3.70 Å². The maximum absolute atomic E-state index is 5.95. The lowest BCUT2D eigenvalue weighted by atomic mass is 10.6. The molecule has 68 valence electrons. The van der Waals surface area contributed by atoms with Crippen LogP contribution in [-0.4, -0.2) is 20.6 Å². The SMILES string of the molecule is CSc1nc(I)c2c(Cl)nccn12. The molecule has 0 aliphatic carbocycles. The lowest BCUT2D eigenvalue weighted by Gasteiger charge is -1.97. The predicted octanol–water partition coefficient (Wildman–Crippen LogP) is 2.71. The minimum absolute atomic E-state index is 0.500. The number of halogens is 2. The van der Waals surface area contributed by atoms with Crippen LogP contribution in [0.3, 0.4) is 0 Å². The third-order valence-electron chi connectivity index (χ3n) is 1.62. The number of aromatic nitrogens is 3. The molecule has 6 heteroatoms. The second kappa shape index (κ2) is 3.62. The summed E-state index contributed by atoms with van der Waals surface area (Å²) in [6.45, 7) is 0. The number of hydrogen-bond donors (Lipinski definition) is 0. The summed E-state index contributed by atoms with van der Waals surface area (Å²) in [6.07, 6.45) is 5.52. The monoisotopic (exact) mass is 325 g/mol. The molecule has 0 aliphatic rings. The van der Waals surface area contributed by atoms with Crippen LogP contribution < -0.4 is 0 Å². The van der Waals surface area contributed by atoms with Crippen molar-refractivity contribution >= 4 is 51.5 Å². The molecule has 13 heavy (non-hydrogen) atoms. The van der Waals surface area contributed by atoms with Crippen LogP contribution in [0.5, 0.6) is 0 Å². The number of fused-ring (bicyclic) bond motifs is 1. The van der Waals surface area contributed by atoms with Gasteiger partial charge in [0.15, 0.2) is 10.3 Å². The third kappa shape index (κ3) is 1.53. The van der Waals surface area contributed by atoms with E-state index in [0.29, 0.717) is 5.15 Å². The second-order valence-corrected chi connectivity index (χ2v) is 4.48. The van der Waals surface area contributed by atoms with E-state index in [9.17, 15) is 0 Å². The number of hydrogen-bond acceptors (Lipinski definition) is 3. The molecule has 2 heterocycles. The highest BCUT2D eigenvalue weighted by Gasteiger charge is 2.10. The minimum Gasteiger partial charge on any atom is -0.289 e. The van der Waals surface area contributed by atoms with Crippen LogP contribution in [0.25, 0.3) is 5.52 Å². The molecule has 0 fully saturated rings. The van der Waals surface area contributed by atoms with Gasteiger partial charge in [-0.25, -0.2) is 9.97 Å². The smallest absolute Gasteiger partial charge is 0.173 e. The summed E-state index contributed by atoms with van der Waals surface area (Å²) in [4.78, 5) is 8.36. The molecule has 0 aliphatic heterocycles. The molecule has 0 spiro atoms. The van der Waals surface area contributed by atoms with Gasteiger partial charge in [-0.05, 0) is 28.8 Å². The normalized spacial score (nSPS) is 11.0. The molecule has 0 aromatic carbocycles. The average Bonchev–Trinajstić information content (AvgIpc) is 2.44. The van der Waals surface area contributed by atoms with Crippen molar-refractivity contribution in [2.24, 2.45) is 0 Å². The van der Waals surface area contributed by atoms with Crippen molar-refractivity contribution in [3.63, 3.8) is 0 Å². The molecule has 0 N–H and O–H groups in total. The average molecular weight is 326 g/mol. The Hall–Kier alpha value is -0.0100. The van der Waals surface area contributed by atoms with E-state index in [2.05, 4.69) is 32.6 Å². The van der Waals surface area contributed by atoms with Crippen LogP contribution >= 0.6 is 46.0 Å². The van der Waals surface area contributed by atoms with Crippen LogP contribution in [0.2, 0.25) is 5.15 Å². The van der Waals surface area contributed by atoms with Crippen molar-refractivity contribution in [3.8, 4) is 0 Å². The second-order valence-electron chi connectivity index (χ2n) is 2.33. The zero-order valence-corrected chi connectivity index (χ0v) is 10.4. The zero-order valence-electron chi connectivity index (χ0n) is 6.66. The molecular formula is C7H5ClIN3S. The first-order chi connectivity index (χ1) is 6.24. The summed E-state index contributed by atoms with van der Waals surface area (Å²) in [7, 11) is 0. The lowest BCUT2D eigenvalue weighted by Crippen LogP contribution is -1.88. The molecule has 2 aromatic heterocycles. The molecule has 0 radical (unpaired) electrons. The highest BCUT2D eigenvalue weighted by atomic mass is 127. The van der Waals surface area contributed by atoms with Gasteiger partial charge in [0, 0.05) is 12.4 Å². The summed E-state index contributed by atoms with van der Waals surface area (Å²) in [6, 6.07) is 0. The molecule has 0 unspecified atom stereocenters. The van der Waals surface area contributed by atoms with Crippen LogP contribution in [0.15, 0.2) is 17.6 Å². The van der Waals surface area contributed by atoms with Gasteiger partial charge in [0.2, 0.25) is 0 Å². The van der Waals surface area contributed by atoms with E-state index in [1.54, 1.807) is 18.0 Å². The quantitative estimate of drug-likeness (QED) is 0.596. The maximum Gasteiger partial charge on any atom is 0.173 e. The van der Waals surface area contributed by atoms with Gasteiger partial charge in [0.1, 0.15) is 9.22 Å². The molecular weight excluding hydrogens is 321 g/mol. The van der Waals surface area contributed by atoms with Crippen molar-refractivity contribution < 1.29 is 0 Å². The Morgan fingerprint density at radius 2 is 2.38 bits per heavy atom. The molecule has 0 bridgehead atoms. The van der Waals surface area contributed by atoms with Crippen LogP contribution in [0.4, 0.5) is 0 Å². The molecule has 0 atom stereocenters. The molecule has 0 saturated heterocycles. The standard InChI is InChI=1S/C7H5ClIN3S/c1-13-7-11-6(9)4-5(8)10-2-3-12(4)7/h2-3H,1H3. The third-order valence-corrected chi connectivity index (χ3v) is 3.30. The number of imidazole rings is 1. The highest BCUT2D eigenvalue weighted by Crippen LogP contribution is 2.25. The number of thioether (sulfide) groups is 1. The van der Waals surface area contributed by atoms with Crippen LogP contribution in [0.1, 0.15) is 0 Å². The Balaban J connectivity index is 2.87. The first-order valence-electron chi connectivity index (χ1n) is 3.46. The van der Waals surface area contributed by atoms with E-state index < -0.39 is 0 Å². The first-order valence-corrected chi connectivity index (χ1v) is 6.14. The fraction of sp³-hybridized carbons (Fsp3) is 0.143. The summed E-state index contributed by atoms with van der Waals surface area (Å²) >= 11 is 9.69. The molecule has 0 amide bonds. The largest absolute Gasteiger partial charge is 0.289 e. The highest BCUT2D eigenvalue weighted by molar-refractivity contribution is 14.1. The van der Waals surface area contributed by atoms with Gasteiger partial charge in [0.05, 0.1) is 0 Å². The predicted molar refractivity (Wildman–Crippen MR) is 62.5 cm³/mol. The molecule has 2 aromatic rings. The molecule has 3 nitrogen and oxygen atoms in total. The van der Waals surface area contributed by atoms with Crippen molar-refractivity contribution in [2.75, 3.05) is 6.26 Å². The van der Waals surface area contributed by atoms with Gasteiger partial charge in [-0.15, -0.1) is 0 Å². The van der Waals surface area contributed by atoms with E-state index in [4.69, 9.17) is 11.6 Å². The van der Waals surface area contributed by atoms with Gasteiger partial charge in [-0.2, -0.15) is 0 Å². The fourth-order valence-corrected chi connectivity index (χ4v) is 2.91. The summed E-state index contributed by atoms with van der Waals surface area (Å²) in [5.41, 5.74) is 0.883. The molecule has 2 rings (SSSR count). The molecule has 0 saturated carbocycles. The minimum atomic E-state index is 0.500. The Labute approximate surface area is 98.0 Å². The van der Waals surface area contributed by atoms with Crippen molar-refractivity contribution in [3.05, 3.63) is 21.2 Å². The maximum atomic E-state index is 5.95. The Kier molecular flexibility index (Phi) is 2.66. The number of nitrogens with zero attached hydrogens (tertiary/aromatic N) is 3. The summed E-state index contributed by atoms with van der Waals surface area (Å²) in [5.74, 6) is 0. The van der Waals surface area contributed by atoms with Gasteiger partial charge in [-0.1, -0.05) is 23.4 Å². The Bertz CT molecular complexity index is 456. The van der Waals surface area contributed by atoms with Gasteiger partial charge < -0.3 is 0 Å². The van der Waals surface area contributed by atoms with Crippen molar-refractivity contribution in [1.82, 2.24) is 14.4 Å². The first kappa shape index (κ1) is 9.54. The zero-order chi connectivity index (χ0) is 9.42. The van der Waals surface area contributed by atoms with E-state index in [1.807, 2.05) is 16.9 Å².